The zero-order valence-corrected chi connectivity index (χ0v) is 21.7. The number of amides is 2. The summed E-state index contributed by atoms with van der Waals surface area (Å²) in [6, 6.07) is 16.7. The molecule has 0 saturated heterocycles. The zero-order chi connectivity index (χ0) is 26.1. The van der Waals surface area contributed by atoms with E-state index in [1.54, 1.807) is 29.6 Å². The molecular weight excluding hydrogens is 474 g/mol. The van der Waals surface area contributed by atoms with Crippen molar-refractivity contribution in [2.45, 2.75) is 52.7 Å². The average Bonchev–Trinajstić information content (AvgIpc) is 3.30. The van der Waals surface area contributed by atoms with Crippen molar-refractivity contribution in [1.29, 1.82) is 5.26 Å². The van der Waals surface area contributed by atoms with E-state index in [1.165, 1.54) is 6.92 Å². The van der Waals surface area contributed by atoms with Gasteiger partial charge in [-0.2, -0.15) is 5.26 Å². The highest BCUT2D eigenvalue weighted by molar-refractivity contribution is 6.31. The highest BCUT2D eigenvalue weighted by Crippen LogP contribution is 2.19. The summed E-state index contributed by atoms with van der Waals surface area (Å²) in [5.74, 6) is -0.0216. The van der Waals surface area contributed by atoms with Gasteiger partial charge in [-0.15, -0.1) is 0 Å². The maximum absolute atomic E-state index is 13.1. The molecule has 0 aliphatic heterocycles. The molecule has 0 radical (unpaired) electrons. The predicted molar refractivity (Wildman–Crippen MR) is 140 cm³/mol. The molecule has 2 atom stereocenters. The Kier molecular flexibility index (Phi) is 9.66. The van der Waals surface area contributed by atoms with Gasteiger partial charge >= 0.3 is 0 Å². The van der Waals surface area contributed by atoms with Crippen LogP contribution in [0.1, 0.15) is 49.6 Å². The number of nitriles is 1. The van der Waals surface area contributed by atoms with E-state index in [0.717, 1.165) is 23.2 Å². The lowest BCUT2D eigenvalue weighted by molar-refractivity contribution is -0.131. The second kappa shape index (κ2) is 12.9. The summed E-state index contributed by atoms with van der Waals surface area (Å²) in [4.78, 5) is 31.5. The van der Waals surface area contributed by atoms with E-state index in [0.29, 0.717) is 30.2 Å². The van der Waals surface area contributed by atoms with Gasteiger partial charge in [0, 0.05) is 49.5 Å². The number of halogens is 1. The van der Waals surface area contributed by atoms with Crippen molar-refractivity contribution in [1.82, 2.24) is 19.8 Å². The number of nitrogens with zero attached hydrogens (tertiary/aromatic N) is 4. The summed E-state index contributed by atoms with van der Waals surface area (Å²) in [5, 5.41) is 12.8. The summed E-state index contributed by atoms with van der Waals surface area (Å²) in [7, 11) is 0. The van der Waals surface area contributed by atoms with E-state index >= 15 is 0 Å². The van der Waals surface area contributed by atoms with E-state index in [9.17, 15) is 9.59 Å². The number of carbonyl (C=O) groups excluding carboxylic acids is 2. The van der Waals surface area contributed by atoms with Crippen LogP contribution in [0.2, 0.25) is 5.02 Å². The third-order valence-corrected chi connectivity index (χ3v) is 6.80. The summed E-state index contributed by atoms with van der Waals surface area (Å²) < 4.78 is 1.93. The molecule has 0 aliphatic carbocycles. The third kappa shape index (κ3) is 7.43. The van der Waals surface area contributed by atoms with Gasteiger partial charge in [0.1, 0.15) is 0 Å². The minimum Gasteiger partial charge on any atom is -0.351 e. The first kappa shape index (κ1) is 27.0. The molecule has 188 valence electrons. The largest absolute Gasteiger partial charge is 0.351 e. The maximum atomic E-state index is 13.1. The van der Waals surface area contributed by atoms with Crippen molar-refractivity contribution in [3.8, 4) is 6.07 Å². The Morgan fingerprint density at radius 3 is 2.56 bits per heavy atom. The van der Waals surface area contributed by atoms with Crippen LogP contribution in [0.3, 0.4) is 0 Å². The van der Waals surface area contributed by atoms with Crippen molar-refractivity contribution < 1.29 is 9.59 Å². The lowest BCUT2D eigenvalue weighted by Crippen LogP contribution is -2.48. The maximum Gasteiger partial charge on any atom is 0.226 e. The second-order valence-corrected chi connectivity index (χ2v) is 9.46. The van der Waals surface area contributed by atoms with Gasteiger partial charge in [0.15, 0.2) is 0 Å². The van der Waals surface area contributed by atoms with Gasteiger partial charge in [-0.3, -0.25) is 9.59 Å². The monoisotopic (exact) mass is 505 g/mol. The fraction of sp³-hybridized carbons (Fsp3) is 0.357. The average molecular weight is 506 g/mol. The molecule has 36 heavy (non-hydrogen) atoms. The molecule has 0 saturated carbocycles. The van der Waals surface area contributed by atoms with Gasteiger partial charge in [-0.1, -0.05) is 62.2 Å². The van der Waals surface area contributed by atoms with Crippen LogP contribution >= 0.6 is 11.6 Å². The number of aromatic nitrogens is 2. The molecule has 7 nitrogen and oxygen atoms in total. The van der Waals surface area contributed by atoms with Crippen molar-refractivity contribution >= 4 is 23.4 Å². The molecule has 0 aliphatic rings. The Hall–Kier alpha value is -3.63. The van der Waals surface area contributed by atoms with E-state index in [2.05, 4.69) is 30.2 Å². The smallest absolute Gasteiger partial charge is 0.226 e. The first-order valence-corrected chi connectivity index (χ1v) is 12.4. The zero-order valence-electron chi connectivity index (χ0n) is 20.9. The Morgan fingerprint density at radius 2 is 1.92 bits per heavy atom. The molecule has 1 aromatic heterocycles. The Bertz CT molecular complexity index is 1220. The highest BCUT2D eigenvalue weighted by atomic mass is 35.5. The van der Waals surface area contributed by atoms with E-state index in [4.69, 9.17) is 16.9 Å². The quantitative estimate of drug-likeness (QED) is 0.413. The van der Waals surface area contributed by atoms with Crippen LogP contribution in [0.25, 0.3) is 0 Å². The SMILES string of the molecule is CC[C@H](C)[C@@H](CN(Cc1ccccc1Cl)C(C)=O)NC(=O)Cc1cncn1Cc1ccc(C#N)cc1. The summed E-state index contributed by atoms with van der Waals surface area (Å²) in [6.45, 7) is 7.02. The standard InChI is InChI=1S/C28H32ClN5O2/c1-4-20(2)27(18-33(21(3)35)17-24-7-5-6-8-26(24)29)32-28(36)13-25-15-31-19-34(25)16-23-11-9-22(14-30)10-12-23/h5-12,15,19-20,27H,4,13,16-18H2,1-3H3,(H,32,36)/t20-,27+/m0/s1. The lowest BCUT2D eigenvalue weighted by atomic mass is 9.98. The van der Waals surface area contributed by atoms with Gasteiger partial charge in [-0.25, -0.2) is 4.98 Å². The molecule has 2 aromatic carbocycles. The lowest BCUT2D eigenvalue weighted by Gasteiger charge is -2.31. The molecular formula is C28H32ClN5O2. The topological polar surface area (TPSA) is 91.0 Å². The van der Waals surface area contributed by atoms with Crippen molar-refractivity contribution in [2.75, 3.05) is 6.54 Å². The van der Waals surface area contributed by atoms with Gasteiger partial charge in [0.05, 0.1) is 24.4 Å². The molecule has 0 fully saturated rings. The summed E-state index contributed by atoms with van der Waals surface area (Å²) in [5.41, 5.74) is 3.28. The Labute approximate surface area is 217 Å². The second-order valence-electron chi connectivity index (χ2n) is 9.05. The molecule has 1 N–H and O–H groups in total. The number of nitrogens with one attached hydrogen (secondary N) is 1. The molecule has 1 heterocycles. The Balaban J connectivity index is 1.68. The highest BCUT2D eigenvalue weighted by Gasteiger charge is 2.24. The van der Waals surface area contributed by atoms with Crippen LogP contribution < -0.4 is 5.32 Å². The molecule has 3 aromatic rings. The fourth-order valence-electron chi connectivity index (χ4n) is 3.97. The van der Waals surface area contributed by atoms with Gasteiger partial charge < -0.3 is 14.8 Å². The molecule has 0 spiro atoms. The predicted octanol–water partition coefficient (Wildman–Crippen LogP) is 4.58. The number of hydrogen-bond donors (Lipinski definition) is 1. The van der Waals surface area contributed by atoms with E-state index in [1.807, 2.05) is 41.0 Å². The van der Waals surface area contributed by atoms with Gasteiger partial charge in [0.2, 0.25) is 11.8 Å². The molecule has 8 heteroatoms. The van der Waals surface area contributed by atoms with Crippen molar-refractivity contribution in [3.63, 3.8) is 0 Å². The van der Waals surface area contributed by atoms with Gasteiger partial charge in [-0.05, 0) is 35.2 Å². The Morgan fingerprint density at radius 1 is 1.19 bits per heavy atom. The number of hydrogen-bond acceptors (Lipinski definition) is 4. The molecule has 3 rings (SSSR count). The van der Waals surface area contributed by atoms with Crippen LogP contribution in [0.5, 0.6) is 0 Å². The minimum absolute atomic E-state index is 0.0713. The van der Waals surface area contributed by atoms with E-state index in [-0.39, 0.29) is 30.2 Å². The van der Waals surface area contributed by atoms with Crippen molar-refractivity contribution in [3.05, 3.63) is 88.5 Å². The van der Waals surface area contributed by atoms with Crippen LogP contribution in [0.4, 0.5) is 0 Å². The normalized spacial score (nSPS) is 12.4. The van der Waals surface area contributed by atoms with E-state index < -0.39 is 0 Å². The third-order valence-electron chi connectivity index (χ3n) is 6.43. The minimum atomic E-state index is -0.205. The number of carbonyl (C=O) groups is 2. The van der Waals surface area contributed by atoms with Crippen LogP contribution in [0.15, 0.2) is 61.1 Å². The first-order chi connectivity index (χ1) is 17.3. The van der Waals surface area contributed by atoms with Crippen LogP contribution in [0, 0.1) is 17.2 Å². The molecule has 0 bridgehead atoms. The number of rotatable bonds is 11. The van der Waals surface area contributed by atoms with Gasteiger partial charge in [0.25, 0.3) is 0 Å². The first-order valence-electron chi connectivity index (χ1n) is 12.1. The molecule has 0 unspecified atom stereocenters. The molecule has 2 amide bonds. The fourth-order valence-corrected chi connectivity index (χ4v) is 4.16. The van der Waals surface area contributed by atoms with Crippen LogP contribution in [-0.2, 0) is 29.1 Å². The van der Waals surface area contributed by atoms with Crippen LogP contribution in [-0.4, -0.2) is 38.9 Å². The number of imidazole rings is 1. The van der Waals surface area contributed by atoms with Crippen molar-refractivity contribution in [2.24, 2.45) is 5.92 Å². The summed E-state index contributed by atoms with van der Waals surface area (Å²) >= 11 is 6.32. The number of benzene rings is 2. The summed E-state index contributed by atoms with van der Waals surface area (Å²) in [6.07, 6.45) is 4.43.